The Hall–Kier alpha value is -0.380. The highest BCUT2D eigenvalue weighted by Crippen LogP contribution is 2.14. The third-order valence-electron chi connectivity index (χ3n) is 1.49. The minimum atomic E-state index is -0.144. The Morgan fingerprint density at radius 3 is 2.75 bits per heavy atom. The van der Waals surface area contributed by atoms with Crippen LogP contribution in [0.25, 0.3) is 0 Å². The number of halogens is 2. The van der Waals surface area contributed by atoms with E-state index >= 15 is 0 Å². The molecule has 0 spiro atoms. The summed E-state index contributed by atoms with van der Waals surface area (Å²) in [4.78, 5) is 0. The Labute approximate surface area is 85.6 Å². The molecule has 0 amide bonds. The molecule has 0 nitrogen and oxygen atoms in total. The lowest BCUT2D eigenvalue weighted by Crippen LogP contribution is -1.89. The molecule has 0 unspecified atom stereocenters. The van der Waals surface area contributed by atoms with E-state index in [4.69, 9.17) is 0 Å². The van der Waals surface area contributed by atoms with Crippen molar-refractivity contribution in [2.75, 3.05) is 0 Å². The molecule has 0 saturated heterocycles. The maximum absolute atomic E-state index is 13.0. The van der Waals surface area contributed by atoms with Gasteiger partial charge < -0.3 is 0 Å². The summed E-state index contributed by atoms with van der Waals surface area (Å²) in [6, 6.07) is 5.28. The fourth-order valence-electron chi connectivity index (χ4n) is 0.998. The summed E-state index contributed by atoms with van der Waals surface area (Å²) in [6.45, 7) is 5.72. The predicted octanol–water partition coefficient (Wildman–Crippen LogP) is 3.55. The van der Waals surface area contributed by atoms with Crippen molar-refractivity contribution >= 4 is 22.6 Å². The van der Waals surface area contributed by atoms with Crippen molar-refractivity contribution in [1.29, 1.82) is 0 Å². The second-order valence-corrected chi connectivity index (χ2v) is 4.04. The quantitative estimate of drug-likeness (QED) is 0.572. The molecule has 2 heteroatoms. The van der Waals surface area contributed by atoms with E-state index in [-0.39, 0.29) is 5.82 Å². The van der Waals surface area contributed by atoms with Crippen LogP contribution in [-0.4, -0.2) is 0 Å². The summed E-state index contributed by atoms with van der Waals surface area (Å²) < 4.78 is 13.7. The first-order valence-electron chi connectivity index (χ1n) is 3.68. The largest absolute Gasteiger partial charge is 0.206 e. The monoisotopic (exact) mass is 276 g/mol. The van der Waals surface area contributed by atoms with Crippen LogP contribution >= 0.6 is 22.6 Å². The van der Waals surface area contributed by atoms with E-state index in [1.807, 2.05) is 35.6 Å². The van der Waals surface area contributed by atoms with Crippen LogP contribution in [0.15, 0.2) is 30.4 Å². The molecule has 1 rings (SSSR count). The summed E-state index contributed by atoms with van der Waals surface area (Å²) in [6.07, 6.45) is 0.758. The molecule has 0 N–H and O–H groups in total. The van der Waals surface area contributed by atoms with Gasteiger partial charge in [-0.15, -0.1) is 0 Å². The second-order valence-electron chi connectivity index (χ2n) is 2.88. The van der Waals surface area contributed by atoms with Crippen molar-refractivity contribution in [3.63, 3.8) is 0 Å². The lowest BCUT2D eigenvalue weighted by molar-refractivity contribution is 0.618. The Morgan fingerprint density at radius 1 is 1.58 bits per heavy atom. The first kappa shape index (κ1) is 9.71. The van der Waals surface area contributed by atoms with Crippen LogP contribution in [0.3, 0.4) is 0 Å². The van der Waals surface area contributed by atoms with E-state index < -0.39 is 0 Å². The van der Waals surface area contributed by atoms with Crippen molar-refractivity contribution in [2.24, 2.45) is 0 Å². The molecule has 0 atom stereocenters. The first-order valence-corrected chi connectivity index (χ1v) is 4.76. The molecule has 0 radical (unpaired) electrons. The molecule has 0 aliphatic carbocycles. The van der Waals surface area contributed by atoms with Gasteiger partial charge in [-0.05, 0) is 53.6 Å². The molecular formula is C10H10FI. The van der Waals surface area contributed by atoms with Crippen LogP contribution in [0.5, 0.6) is 0 Å². The highest BCUT2D eigenvalue weighted by atomic mass is 127. The van der Waals surface area contributed by atoms with Crippen molar-refractivity contribution in [1.82, 2.24) is 0 Å². The van der Waals surface area contributed by atoms with Crippen molar-refractivity contribution < 1.29 is 4.39 Å². The van der Waals surface area contributed by atoms with Gasteiger partial charge in [-0.25, -0.2) is 4.39 Å². The molecule has 0 aromatic heterocycles. The fourth-order valence-corrected chi connectivity index (χ4v) is 1.33. The highest BCUT2D eigenvalue weighted by Gasteiger charge is 1.99. The summed E-state index contributed by atoms with van der Waals surface area (Å²) in [5, 5.41) is 0. The van der Waals surface area contributed by atoms with Gasteiger partial charge in [0.1, 0.15) is 5.82 Å². The Bertz CT molecular complexity index is 305. The maximum atomic E-state index is 13.0. The van der Waals surface area contributed by atoms with Crippen molar-refractivity contribution in [3.8, 4) is 0 Å². The number of allylic oxidation sites excluding steroid dienone is 1. The second kappa shape index (κ2) is 4.03. The molecule has 0 aliphatic rings. The van der Waals surface area contributed by atoms with E-state index in [2.05, 4.69) is 6.58 Å². The van der Waals surface area contributed by atoms with Crippen molar-refractivity contribution in [2.45, 2.75) is 13.3 Å². The zero-order valence-corrected chi connectivity index (χ0v) is 9.06. The Kier molecular flexibility index (Phi) is 3.26. The molecule has 64 valence electrons. The first-order chi connectivity index (χ1) is 5.59. The topological polar surface area (TPSA) is 0 Å². The highest BCUT2D eigenvalue weighted by molar-refractivity contribution is 14.1. The van der Waals surface area contributed by atoms with Crippen LogP contribution in [0.4, 0.5) is 4.39 Å². The van der Waals surface area contributed by atoms with Gasteiger partial charge in [0.15, 0.2) is 0 Å². The number of hydrogen-bond acceptors (Lipinski definition) is 0. The van der Waals surface area contributed by atoms with Crippen LogP contribution in [-0.2, 0) is 6.42 Å². The van der Waals surface area contributed by atoms with Crippen LogP contribution in [0.1, 0.15) is 12.5 Å². The van der Waals surface area contributed by atoms with Gasteiger partial charge in [0.2, 0.25) is 0 Å². The number of benzene rings is 1. The van der Waals surface area contributed by atoms with Gasteiger partial charge in [-0.2, -0.15) is 0 Å². The standard InChI is InChI=1S/C10H10FI/c1-7(2)5-8-3-4-10(12)9(11)6-8/h3-4,6H,1,5H2,2H3. The summed E-state index contributed by atoms with van der Waals surface area (Å²) in [5.74, 6) is -0.144. The maximum Gasteiger partial charge on any atom is 0.136 e. The van der Waals surface area contributed by atoms with Gasteiger partial charge >= 0.3 is 0 Å². The van der Waals surface area contributed by atoms with Gasteiger partial charge in [-0.3, -0.25) is 0 Å². The van der Waals surface area contributed by atoms with Crippen LogP contribution < -0.4 is 0 Å². The summed E-state index contributed by atoms with van der Waals surface area (Å²) in [7, 11) is 0. The lowest BCUT2D eigenvalue weighted by Gasteiger charge is -2.01. The van der Waals surface area contributed by atoms with E-state index in [0.717, 1.165) is 17.6 Å². The molecule has 0 heterocycles. The molecular weight excluding hydrogens is 266 g/mol. The van der Waals surface area contributed by atoms with Gasteiger partial charge in [-0.1, -0.05) is 18.2 Å². The molecule has 1 aromatic rings. The van der Waals surface area contributed by atoms with E-state index in [0.29, 0.717) is 3.57 Å². The van der Waals surface area contributed by atoms with E-state index in [1.54, 1.807) is 12.1 Å². The summed E-state index contributed by atoms with van der Waals surface area (Å²) in [5.41, 5.74) is 2.04. The molecule has 0 fully saturated rings. The number of hydrogen-bond donors (Lipinski definition) is 0. The average molecular weight is 276 g/mol. The SMILES string of the molecule is C=C(C)Cc1ccc(I)c(F)c1. The van der Waals surface area contributed by atoms with Gasteiger partial charge in [0, 0.05) is 3.57 Å². The normalized spacial score (nSPS) is 9.92. The molecule has 0 saturated carbocycles. The van der Waals surface area contributed by atoms with Crippen molar-refractivity contribution in [3.05, 3.63) is 45.3 Å². The van der Waals surface area contributed by atoms with E-state index in [9.17, 15) is 4.39 Å². The minimum Gasteiger partial charge on any atom is -0.206 e. The van der Waals surface area contributed by atoms with Gasteiger partial charge in [0.05, 0.1) is 0 Å². The minimum absolute atomic E-state index is 0.144. The van der Waals surface area contributed by atoms with Gasteiger partial charge in [0.25, 0.3) is 0 Å². The third-order valence-corrected chi connectivity index (χ3v) is 2.36. The lowest BCUT2D eigenvalue weighted by atomic mass is 10.1. The zero-order valence-electron chi connectivity index (χ0n) is 6.90. The smallest absolute Gasteiger partial charge is 0.136 e. The van der Waals surface area contributed by atoms with E-state index in [1.165, 1.54) is 0 Å². The van der Waals surface area contributed by atoms with Crippen LogP contribution in [0, 0.1) is 9.39 Å². The average Bonchev–Trinajstić information content (AvgIpc) is 1.96. The number of rotatable bonds is 2. The molecule has 12 heavy (non-hydrogen) atoms. The predicted molar refractivity (Wildman–Crippen MR) is 57.6 cm³/mol. The fraction of sp³-hybridized carbons (Fsp3) is 0.200. The molecule has 0 aliphatic heterocycles. The van der Waals surface area contributed by atoms with Crippen LogP contribution in [0.2, 0.25) is 0 Å². The summed E-state index contributed by atoms with van der Waals surface area (Å²) >= 11 is 1.98. The third kappa shape index (κ3) is 2.59. The zero-order chi connectivity index (χ0) is 9.14. The molecule has 1 aromatic carbocycles. The Morgan fingerprint density at radius 2 is 2.25 bits per heavy atom. The Balaban J connectivity index is 2.89. The molecule has 0 bridgehead atoms.